The normalized spacial score (nSPS) is 11.8. The Labute approximate surface area is 163 Å². The highest BCUT2D eigenvalue weighted by molar-refractivity contribution is 5.97. The second kappa shape index (κ2) is 9.08. The SMILES string of the molecule is CCCNC(=O)[C@@H](C)OC(=O)c1oc2ccccc2c1COc1ccccc1. The minimum Gasteiger partial charge on any atom is -0.489 e. The van der Waals surface area contributed by atoms with Gasteiger partial charge in [-0.05, 0) is 31.5 Å². The van der Waals surface area contributed by atoms with Gasteiger partial charge in [0.25, 0.3) is 5.91 Å². The maximum Gasteiger partial charge on any atom is 0.375 e. The molecule has 0 fully saturated rings. The van der Waals surface area contributed by atoms with Gasteiger partial charge in [-0.1, -0.05) is 43.3 Å². The number of nitrogens with one attached hydrogen (secondary N) is 1. The lowest BCUT2D eigenvalue weighted by Crippen LogP contribution is -2.36. The highest BCUT2D eigenvalue weighted by Gasteiger charge is 2.26. The van der Waals surface area contributed by atoms with E-state index in [0.717, 1.165) is 11.8 Å². The molecule has 1 atom stereocenters. The molecule has 6 heteroatoms. The van der Waals surface area contributed by atoms with E-state index >= 15 is 0 Å². The second-order valence-corrected chi connectivity index (χ2v) is 6.35. The van der Waals surface area contributed by atoms with E-state index in [2.05, 4.69) is 5.32 Å². The number of ether oxygens (including phenoxy) is 2. The van der Waals surface area contributed by atoms with Crippen LogP contribution in [0.2, 0.25) is 0 Å². The van der Waals surface area contributed by atoms with Gasteiger partial charge in [-0.2, -0.15) is 0 Å². The molecule has 0 aliphatic rings. The van der Waals surface area contributed by atoms with Crippen molar-refractivity contribution in [2.45, 2.75) is 33.0 Å². The minimum absolute atomic E-state index is 0.0484. The highest BCUT2D eigenvalue weighted by atomic mass is 16.6. The number of rotatable bonds is 8. The maximum absolute atomic E-state index is 12.7. The van der Waals surface area contributed by atoms with E-state index in [0.29, 0.717) is 23.4 Å². The average molecular weight is 381 g/mol. The smallest absolute Gasteiger partial charge is 0.375 e. The summed E-state index contributed by atoms with van der Waals surface area (Å²) >= 11 is 0. The summed E-state index contributed by atoms with van der Waals surface area (Å²) in [6.45, 7) is 4.15. The molecule has 0 aliphatic carbocycles. The molecule has 0 saturated heterocycles. The molecule has 1 N–H and O–H groups in total. The molecule has 0 saturated carbocycles. The van der Waals surface area contributed by atoms with Crippen LogP contribution in [0.25, 0.3) is 11.0 Å². The third-order valence-electron chi connectivity index (χ3n) is 4.21. The Balaban J connectivity index is 1.81. The zero-order valence-electron chi connectivity index (χ0n) is 15.9. The largest absolute Gasteiger partial charge is 0.489 e. The average Bonchev–Trinajstić information content (AvgIpc) is 3.10. The molecule has 1 amide bonds. The number of hydrogen-bond acceptors (Lipinski definition) is 5. The van der Waals surface area contributed by atoms with Crippen LogP contribution in [0.4, 0.5) is 0 Å². The summed E-state index contributed by atoms with van der Waals surface area (Å²) in [5.74, 6) is -0.304. The van der Waals surface area contributed by atoms with Gasteiger partial charge in [0.05, 0.1) is 5.56 Å². The Bertz CT molecular complexity index is 948. The summed E-state index contributed by atoms with van der Waals surface area (Å²) in [5.41, 5.74) is 1.15. The van der Waals surface area contributed by atoms with Crippen molar-refractivity contribution in [3.8, 4) is 5.75 Å². The van der Waals surface area contributed by atoms with Crippen molar-refractivity contribution in [2.75, 3.05) is 6.54 Å². The second-order valence-electron chi connectivity index (χ2n) is 6.35. The number of carbonyl (C=O) groups excluding carboxylic acids is 2. The molecule has 146 valence electrons. The van der Waals surface area contributed by atoms with Crippen molar-refractivity contribution in [2.24, 2.45) is 0 Å². The zero-order valence-corrected chi connectivity index (χ0v) is 15.9. The van der Waals surface area contributed by atoms with Crippen molar-refractivity contribution in [1.82, 2.24) is 5.32 Å². The molecule has 6 nitrogen and oxygen atoms in total. The first-order chi connectivity index (χ1) is 13.6. The molecule has 0 radical (unpaired) electrons. The summed E-state index contributed by atoms with van der Waals surface area (Å²) in [4.78, 5) is 24.7. The Morgan fingerprint density at radius 2 is 1.79 bits per heavy atom. The first kappa shape index (κ1) is 19.5. The summed E-state index contributed by atoms with van der Waals surface area (Å²) in [6, 6.07) is 16.6. The van der Waals surface area contributed by atoms with E-state index in [4.69, 9.17) is 13.9 Å². The van der Waals surface area contributed by atoms with E-state index in [9.17, 15) is 9.59 Å². The number of para-hydroxylation sites is 2. The van der Waals surface area contributed by atoms with Gasteiger partial charge in [0.15, 0.2) is 6.10 Å². The van der Waals surface area contributed by atoms with Crippen LogP contribution in [0.5, 0.6) is 5.75 Å². The molecule has 1 aromatic heterocycles. The third-order valence-corrected chi connectivity index (χ3v) is 4.21. The van der Waals surface area contributed by atoms with Crippen molar-refractivity contribution >= 4 is 22.8 Å². The van der Waals surface area contributed by atoms with Gasteiger partial charge in [-0.25, -0.2) is 4.79 Å². The maximum atomic E-state index is 12.7. The van der Waals surface area contributed by atoms with Gasteiger partial charge in [-0.3, -0.25) is 4.79 Å². The van der Waals surface area contributed by atoms with Crippen LogP contribution >= 0.6 is 0 Å². The molecule has 28 heavy (non-hydrogen) atoms. The summed E-state index contributed by atoms with van der Waals surface area (Å²) < 4.78 is 16.8. The molecule has 2 aromatic carbocycles. The van der Waals surface area contributed by atoms with Crippen molar-refractivity contribution in [3.05, 3.63) is 65.9 Å². The van der Waals surface area contributed by atoms with Crippen LogP contribution in [-0.4, -0.2) is 24.5 Å². The van der Waals surface area contributed by atoms with E-state index in [1.807, 2.05) is 55.5 Å². The van der Waals surface area contributed by atoms with Gasteiger partial charge < -0.3 is 19.2 Å². The first-order valence-electron chi connectivity index (χ1n) is 9.27. The van der Waals surface area contributed by atoms with Crippen LogP contribution in [0.15, 0.2) is 59.0 Å². The highest BCUT2D eigenvalue weighted by Crippen LogP contribution is 2.28. The predicted molar refractivity (Wildman–Crippen MR) is 105 cm³/mol. The Kier molecular flexibility index (Phi) is 6.32. The van der Waals surface area contributed by atoms with Gasteiger partial charge in [-0.15, -0.1) is 0 Å². The Morgan fingerprint density at radius 1 is 1.07 bits per heavy atom. The van der Waals surface area contributed by atoms with E-state index in [-0.39, 0.29) is 18.3 Å². The first-order valence-corrected chi connectivity index (χ1v) is 9.27. The molecular weight excluding hydrogens is 358 g/mol. The van der Waals surface area contributed by atoms with Crippen molar-refractivity contribution < 1.29 is 23.5 Å². The molecule has 0 aliphatic heterocycles. The Morgan fingerprint density at radius 3 is 2.54 bits per heavy atom. The number of furan rings is 1. The van der Waals surface area contributed by atoms with Crippen LogP contribution in [0, 0.1) is 0 Å². The summed E-state index contributed by atoms with van der Waals surface area (Å²) in [6.07, 6.45) is -0.119. The standard InChI is InChI=1S/C22H23NO5/c1-3-13-23-21(24)15(2)27-22(25)20-18(14-26-16-9-5-4-6-10-16)17-11-7-8-12-19(17)28-20/h4-12,15H,3,13-14H2,1-2H3,(H,23,24)/t15-/m1/s1. The molecule has 0 spiro atoms. The number of amides is 1. The van der Waals surface area contributed by atoms with E-state index < -0.39 is 12.1 Å². The molecule has 0 unspecified atom stereocenters. The fourth-order valence-corrected chi connectivity index (χ4v) is 2.74. The fraction of sp³-hybridized carbons (Fsp3) is 0.273. The zero-order chi connectivity index (χ0) is 19.9. The van der Waals surface area contributed by atoms with E-state index in [1.54, 1.807) is 6.07 Å². The predicted octanol–water partition coefficient (Wildman–Crippen LogP) is 4.08. The van der Waals surface area contributed by atoms with Crippen molar-refractivity contribution in [1.29, 1.82) is 0 Å². The molecule has 3 aromatic rings. The third kappa shape index (κ3) is 4.52. The number of benzene rings is 2. The molecule has 0 bridgehead atoms. The monoisotopic (exact) mass is 381 g/mol. The molecular formula is C22H23NO5. The Hall–Kier alpha value is -3.28. The van der Waals surface area contributed by atoms with Crippen LogP contribution in [0.1, 0.15) is 36.4 Å². The van der Waals surface area contributed by atoms with Crippen LogP contribution < -0.4 is 10.1 Å². The summed E-state index contributed by atoms with van der Waals surface area (Å²) in [7, 11) is 0. The quantitative estimate of drug-likeness (QED) is 0.595. The summed E-state index contributed by atoms with van der Waals surface area (Å²) in [5, 5.41) is 3.48. The lowest BCUT2D eigenvalue weighted by atomic mass is 10.1. The van der Waals surface area contributed by atoms with E-state index in [1.165, 1.54) is 6.92 Å². The number of fused-ring (bicyclic) bond motifs is 1. The topological polar surface area (TPSA) is 77.8 Å². The van der Waals surface area contributed by atoms with Gasteiger partial charge >= 0.3 is 5.97 Å². The number of esters is 1. The number of hydrogen-bond donors (Lipinski definition) is 1. The van der Waals surface area contributed by atoms with Crippen LogP contribution in [0.3, 0.4) is 0 Å². The fourth-order valence-electron chi connectivity index (χ4n) is 2.74. The lowest BCUT2D eigenvalue weighted by Gasteiger charge is -2.13. The van der Waals surface area contributed by atoms with Gasteiger partial charge in [0.1, 0.15) is 17.9 Å². The van der Waals surface area contributed by atoms with Crippen molar-refractivity contribution in [3.63, 3.8) is 0 Å². The van der Waals surface area contributed by atoms with Crippen LogP contribution in [-0.2, 0) is 16.1 Å². The minimum atomic E-state index is -0.921. The van der Waals surface area contributed by atoms with Gasteiger partial charge in [0.2, 0.25) is 5.76 Å². The molecule has 1 heterocycles. The number of carbonyl (C=O) groups is 2. The molecule has 3 rings (SSSR count). The lowest BCUT2D eigenvalue weighted by molar-refractivity contribution is -0.129. The van der Waals surface area contributed by atoms with Gasteiger partial charge in [0, 0.05) is 11.9 Å².